The molecule has 1 atom stereocenters. The number of rotatable bonds is 6. The molecule has 3 N–H and O–H groups in total. The summed E-state index contributed by atoms with van der Waals surface area (Å²) in [6.07, 6.45) is 0.265. The fourth-order valence-electron chi connectivity index (χ4n) is 2.00. The summed E-state index contributed by atoms with van der Waals surface area (Å²) in [5.41, 5.74) is 1.52. The highest BCUT2D eigenvalue weighted by Crippen LogP contribution is 2.27. The normalized spacial score (nSPS) is 17.9. The molecule has 0 aromatic heterocycles. The lowest BCUT2D eigenvalue weighted by molar-refractivity contribution is 0.194. The van der Waals surface area contributed by atoms with Crippen molar-refractivity contribution in [2.24, 2.45) is 0 Å². The minimum atomic E-state index is -1.000. The van der Waals surface area contributed by atoms with Gasteiger partial charge in [-0.2, -0.15) is 0 Å². The van der Waals surface area contributed by atoms with Gasteiger partial charge in [-0.3, -0.25) is 0 Å². The monoisotopic (exact) mass is 271 g/mol. The predicted molar refractivity (Wildman–Crippen MR) is 68.9 cm³/mol. The van der Waals surface area contributed by atoms with E-state index in [0.29, 0.717) is 30.8 Å². The second-order valence-corrected chi connectivity index (χ2v) is 4.27. The van der Waals surface area contributed by atoms with Crippen molar-refractivity contribution in [1.82, 2.24) is 4.84 Å². The molecule has 1 aromatic carbocycles. The summed E-state index contributed by atoms with van der Waals surface area (Å²) in [6, 6.07) is 5.50. The molecular formula is C11H15BClNO4. The second kappa shape index (κ2) is 6.40. The maximum atomic E-state index is 9.89. The number of benzene rings is 1. The molecule has 18 heavy (non-hydrogen) atoms. The third kappa shape index (κ3) is 2.79. The quantitative estimate of drug-likeness (QED) is 0.384. The van der Waals surface area contributed by atoms with Crippen LogP contribution in [0.4, 0.5) is 0 Å². The Balaban J connectivity index is 2.18. The Hall–Kier alpha value is -0.785. The van der Waals surface area contributed by atoms with E-state index in [9.17, 15) is 5.02 Å². The predicted octanol–water partition coefficient (Wildman–Crippen LogP) is -0.0500. The largest absolute Gasteiger partial charge is 0.495 e. The number of hydrogen-bond donors (Lipinski definition) is 3. The summed E-state index contributed by atoms with van der Waals surface area (Å²) in [5.74, 6) is 0.588. The smallest absolute Gasteiger partial charge is 0.494 e. The highest BCUT2D eigenvalue weighted by molar-refractivity contribution is 6.62. The van der Waals surface area contributed by atoms with Gasteiger partial charge in [-0.05, 0) is 23.4 Å². The molecule has 0 spiro atoms. The van der Waals surface area contributed by atoms with E-state index >= 15 is 0 Å². The molecular weight excluding hydrogens is 256 g/mol. The van der Waals surface area contributed by atoms with Crippen molar-refractivity contribution in [2.75, 3.05) is 19.8 Å². The lowest BCUT2D eigenvalue weighted by Gasteiger charge is -2.11. The topological polar surface area (TPSA) is 71.0 Å². The molecule has 2 rings (SSSR count). The molecule has 1 aliphatic heterocycles. The van der Waals surface area contributed by atoms with Gasteiger partial charge in [-0.1, -0.05) is 12.1 Å². The molecule has 0 amide bonds. The number of aliphatic hydroxyl groups excluding tert-OH is 1. The van der Waals surface area contributed by atoms with Crippen LogP contribution in [0.25, 0.3) is 0 Å². The SMILES string of the molecule is OCCCOc1cccc2c1B(O)O[C@@H]2CNCl. The summed E-state index contributed by atoms with van der Waals surface area (Å²) < 4.78 is 10.9. The Morgan fingerprint density at radius 2 is 2.33 bits per heavy atom. The van der Waals surface area contributed by atoms with Crippen molar-refractivity contribution in [1.29, 1.82) is 0 Å². The van der Waals surface area contributed by atoms with Crippen LogP contribution in [0.2, 0.25) is 0 Å². The maximum Gasteiger partial charge on any atom is 0.495 e. The van der Waals surface area contributed by atoms with Crippen molar-refractivity contribution >= 4 is 24.4 Å². The summed E-state index contributed by atoms with van der Waals surface area (Å²) >= 11 is 5.47. The van der Waals surface area contributed by atoms with E-state index in [0.717, 1.165) is 5.56 Å². The summed E-state index contributed by atoms with van der Waals surface area (Å²) in [5, 5.41) is 18.6. The molecule has 0 radical (unpaired) electrons. The molecule has 1 aromatic rings. The number of nitrogens with one attached hydrogen (secondary N) is 1. The number of aliphatic hydroxyl groups is 1. The van der Waals surface area contributed by atoms with Gasteiger partial charge in [0.2, 0.25) is 0 Å². The van der Waals surface area contributed by atoms with E-state index in [1.807, 2.05) is 12.1 Å². The van der Waals surface area contributed by atoms with Crippen LogP contribution in [0.15, 0.2) is 18.2 Å². The minimum absolute atomic E-state index is 0.0763. The molecule has 0 fully saturated rings. The Morgan fingerprint density at radius 3 is 3.06 bits per heavy atom. The van der Waals surface area contributed by atoms with Crippen molar-refractivity contribution in [3.8, 4) is 5.75 Å². The Morgan fingerprint density at radius 1 is 1.50 bits per heavy atom. The fraction of sp³-hybridized carbons (Fsp3) is 0.455. The first-order valence-electron chi connectivity index (χ1n) is 5.81. The average molecular weight is 272 g/mol. The molecule has 1 aliphatic rings. The molecule has 0 aliphatic carbocycles. The Bertz CT molecular complexity index is 407. The Labute approximate surface area is 111 Å². The van der Waals surface area contributed by atoms with E-state index in [1.54, 1.807) is 6.07 Å². The van der Waals surface area contributed by atoms with Crippen LogP contribution >= 0.6 is 11.8 Å². The fourth-order valence-corrected chi connectivity index (χ4v) is 2.14. The molecule has 0 saturated heterocycles. The van der Waals surface area contributed by atoms with Crippen LogP contribution in [-0.2, 0) is 4.65 Å². The third-order valence-corrected chi connectivity index (χ3v) is 2.96. The van der Waals surface area contributed by atoms with Gasteiger partial charge >= 0.3 is 7.12 Å². The Kier molecular flexibility index (Phi) is 4.85. The van der Waals surface area contributed by atoms with E-state index in [4.69, 9.17) is 26.3 Å². The van der Waals surface area contributed by atoms with Crippen LogP contribution in [0, 0.1) is 0 Å². The van der Waals surface area contributed by atoms with Gasteiger partial charge in [0, 0.05) is 25.0 Å². The van der Waals surface area contributed by atoms with Crippen LogP contribution in [0.5, 0.6) is 5.75 Å². The number of halogens is 1. The van der Waals surface area contributed by atoms with Crippen molar-refractivity contribution in [3.63, 3.8) is 0 Å². The molecule has 98 valence electrons. The van der Waals surface area contributed by atoms with Gasteiger partial charge in [0.25, 0.3) is 0 Å². The van der Waals surface area contributed by atoms with Gasteiger partial charge in [0.1, 0.15) is 5.75 Å². The number of hydrogen-bond acceptors (Lipinski definition) is 5. The maximum absolute atomic E-state index is 9.89. The van der Waals surface area contributed by atoms with Crippen molar-refractivity contribution in [3.05, 3.63) is 23.8 Å². The third-order valence-electron chi connectivity index (χ3n) is 2.81. The lowest BCUT2D eigenvalue weighted by Crippen LogP contribution is -2.30. The molecule has 7 heteroatoms. The highest BCUT2D eigenvalue weighted by atomic mass is 35.5. The average Bonchev–Trinajstić information content (AvgIpc) is 2.68. The highest BCUT2D eigenvalue weighted by Gasteiger charge is 2.37. The lowest BCUT2D eigenvalue weighted by atomic mass is 9.78. The standard InChI is InChI=1S/C11H15BClNO4/c13-14-7-10-8-3-1-4-9(17-6-2-5-15)11(8)12(16)18-10/h1,3-4,10,14-16H,2,5-7H2/t10-/m1/s1. The first kappa shape index (κ1) is 13.6. The zero-order valence-corrected chi connectivity index (χ0v) is 10.6. The van der Waals surface area contributed by atoms with Gasteiger partial charge in [0.05, 0.1) is 12.7 Å². The molecule has 0 saturated carbocycles. The minimum Gasteiger partial charge on any atom is -0.494 e. The zero-order valence-electron chi connectivity index (χ0n) is 9.80. The van der Waals surface area contributed by atoms with E-state index < -0.39 is 7.12 Å². The van der Waals surface area contributed by atoms with Crippen LogP contribution in [-0.4, -0.2) is 37.0 Å². The molecule has 0 unspecified atom stereocenters. The van der Waals surface area contributed by atoms with Crippen LogP contribution in [0.3, 0.4) is 0 Å². The van der Waals surface area contributed by atoms with Gasteiger partial charge in [-0.15, -0.1) is 0 Å². The molecule has 5 nitrogen and oxygen atoms in total. The van der Waals surface area contributed by atoms with Crippen molar-refractivity contribution in [2.45, 2.75) is 12.5 Å². The van der Waals surface area contributed by atoms with Gasteiger partial charge < -0.3 is 19.5 Å². The van der Waals surface area contributed by atoms with Gasteiger partial charge in [-0.25, -0.2) is 4.84 Å². The summed E-state index contributed by atoms with van der Waals surface area (Å²) in [4.78, 5) is 2.51. The van der Waals surface area contributed by atoms with Crippen LogP contribution in [0.1, 0.15) is 18.1 Å². The zero-order chi connectivity index (χ0) is 13.0. The van der Waals surface area contributed by atoms with E-state index in [2.05, 4.69) is 4.84 Å². The van der Waals surface area contributed by atoms with Gasteiger partial charge in [0.15, 0.2) is 0 Å². The molecule has 1 heterocycles. The number of ether oxygens (including phenoxy) is 1. The first-order valence-corrected chi connectivity index (χ1v) is 6.19. The second-order valence-electron chi connectivity index (χ2n) is 4.00. The summed E-state index contributed by atoms with van der Waals surface area (Å²) in [7, 11) is -1.000. The van der Waals surface area contributed by atoms with E-state index in [-0.39, 0.29) is 12.7 Å². The van der Waals surface area contributed by atoms with Crippen molar-refractivity contribution < 1.29 is 19.5 Å². The number of fused-ring (bicyclic) bond motifs is 1. The molecule has 0 bridgehead atoms. The van der Waals surface area contributed by atoms with Crippen LogP contribution < -0.4 is 15.0 Å². The van der Waals surface area contributed by atoms with E-state index in [1.165, 1.54) is 0 Å². The first-order chi connectivity index (χ1) is 8.77. The summed E-state index contributed by atoms with van der Waals surface area (Å²) in [6.45, 7) is 0.886.